The van der Waals surface area contributed by atoms with Crippen LogP contribution in [0.25, 0.3) is 10.2 Å². The number of nitrogens with zero attached hydrogens (tertiary/aromatic N) is 4. The molecule has 2 fully saturated rings. The molecule has 1 saturated carbocycles. The number of benzene rings is 1. The van der Waals surface area contributed by atoms with Crippen LogP contribution in [-0.2, 0) is 29.0 Å². The molecule has 34 heavy (non-hydrogen) atoms. The number of piperazine rings is 1. The lowest BCUT2D eigenvalue weighted by Crippen LogP contribution is -2.50. The molecule has 0 atom stereocenters. The molecule has 2 aliphatic carbocycles. The summed E-state index contributed by atoms with van der Waals surface area (Å²) in [4.78, 5) is 30.0. The number of aryl methyl sites for hydroxylation is 2. The van der Waals surface area contributed by atoms with Gasteiger partial charge in [0.15, 0.2) is 0 Å². The van der Waals surface area contributed by atoms with E-state index < -0.39 is 0 Å². The fourth-order valence-electron chi connectivity index (χ4n) is 5.17. The van der Waals surface area contributed by atoms with Gasteiger partial charge in [0.05, 0.1) is 12.0 Å². The number of hydrogen-bond acceptors (Lipinski definition) is 6. The second-order valence-electron chi connectivity index (χ2n) is 9.77. The number of ether oxygens (including phenoxy) is 1. The van der Waals surface area contributed by atoms with Gasteiger partial charge in [-0.3, -0.25) is 4.79 Å². The van der Waals surface area contributed by atoms with E-state index in [-0.39, 0.29) is 12.5 Å². The van der Waals surface area contributed by atoms with Crippen LogP contribution < -0.4 is 4.90 Å². The highest BCUT2D eigenvalue weighted by molar-refractivity contribution is 7.19. The van der Waals surface area contributed by atoms with Gasteiger partial charge < -0.3 is 14.5 Å². The van der Waals surface area contributed by atoms with Crippen LogP contribution in [0.5, 0.6) is 0 Å². The maximum Gasteiger partial charge on any atom is 0.248 e. The molecule has 0 N–H and O–H groups in total. The summed E-state index contributed by atoms with van der Waals surface area (Å²) in [6.07, 6.45) is 8.60. The summed E-state index contributed by atoms with van der Waals surface area (Å²) in [5.74, 6) is 2.77. The smallest absolute Gasteiger partial charge is 0.248 e. The van der Waals surface area contributed by atoms with Crippen LogP contribution >= 0.6 is 11.3 Å². The van der Waals surface area contributed by atoms with Gasteiger partial charge in [0.1, 0.15) is 23.1 Å². The second-order valence-corrected chi connectivity index (χ2v) is 10.9. The number of carbonyl (C=O) groups is 1. The van der Waals surface area contributed by atoms with Crippen molar-refractivity contribution in [2.45, 2.75) is 57.5 Å². The predicted octanol–water partition coefficient (Wildman–Crippen LogP) is 4.70. The zero-order valence-electron chi connectivity index (χ0n) is 19.7. The minimum Gasteiger partial charge on any atom is -0.367 e. The highest BCUT2D eigenvalue weighted by Gasteiger charge is 2.31. The average molecular weight is 477 g/mol. The first-order chi connectivity index (χ1) is 16.8. The Balaban J connectivity index is 1.16. The molecule has 0 unspecified atom stereocenters. The minimum absolute atomic E-state index is 0.0754. The van der Waals surface area contributed by atoms with E-state index in [9.17, 15) is 4.79 Å². The fraction of sp³-hybridized carbons (Fsp3) is 0.519. The standard InChI is InChI=1S/C27H32N4O2S/c32-23(18-33-17-19-7-3-1-4-8-19)30-13-15-31(16-14-30)26-24-21-9-5-2-6-10-22(21)34-27(24)29-25(28-26)20-11-12-20/h1,3-4,7-8,20H,2,5-6,9-18H2. The molecule has 1 saturated heterocycles. The molecule has 3 aliphatic rings. The number of anilines is 1. The van der Waals surface area contributed by atoms with Crippen molar-refractivity contribution in [3.63, 3.8) is 0 Å². The lowest BCUT2D eigenvalue weighted by molar-refractivity contribution is -0.136. The molecule has 6 rings (SSSR count). The second kappa shape index (κ2) is 9.62. The van der Waals surface area contributed by atoms with E-state index in [2.05, 4.69) is 4.90 Å². The number of amides is 1. The Labute approximate surface area is 205 Å². The zero-order valence-corrected chi connectivity index (χ0v) is 20.5. The number of thiophene rings is 1. The Morgan fingerprint density at radius 1 is 1.00 bits per heavy atom. The molecule has 7 heteroatoms. The molecule has 6 nitrogen and oxygen atoms in total. The third kappa shape index (κ3) is 4.56. The van der Waals surface area contributed by atoms with Crippen LogP contribution in [0.3, 0.4) is 0 Å². The SMILES string of the molecule is O=C(COCc1ccccc1)N1CCN(c2nc(C3CC3)nc3sc4c(c23)CCCCC4)CC1. The Kier molecular flexibility index (Phi) is 6.22. The first kappa shape index (κ1) is 22.0. The van der Waals surface area contributed by atoms with Crippen LogP contribution in [0.4, 0.5) is 5.82 Å². The molecule has 1 amide bonds. The van der Waals surface area contributed by atoms with Crippen LogP contribution in [0.15, 0.2) is 30.3 Å². The summed E-state index contributed by atoms with van der Waals surface area (Å²) in [5, 5.41) is 1.30. The summed E-state index contributed by atoms with van der Waals surface area (Å²) in [6.45, 7) is 3.65. The van der Waals surface area contributed by atoms with Crippen molar-refractivity contribution in [1.82, 2.24) is 14.9 Å². The Morgan fingerprint density at radius 2 is 1.79 bits per heavy atom. The number of carbonyl (C=O) groups excluding carboxylic acids is 1. The van der Waals surface area contributed by atoms with Crippen molar-refractivity contribution in [1.29, 1.82) is 0 Å². The number of aromatic nitrogens is 2. The van der Waals surface area contributed by atoms with E-state index in [4.69, 9.17) is 14.7 Å². The first-order valence-corrected chi connectivity index (χ1v) is 13.5. The molecule has 1 aliphatic heterocycles. The predicted molar refractivity (Wildman–Crippen MR) is 136 cm³/mol. The topological polar surface area (TPSA) is 58.6 Å². The van der Waals surface area contributed by atoms with Gasteiger partial charge in [0, 0.05) is 37.0 Å². The van der Waals surface area contributed by atoms with Gasteiger partial charge in [-0.05, 0) is 49.7 Å². The van der Waals surface area contributed by atoms with Crippen LogP contribution in [0.2, 0.25) is 0 Å². The van der Waals surface area contributed by atoms with E-state index in [1.807, 2.05) is 46.6 Å². The van der Waals surface area contributed by atoms with Crippen LogP contribution in [0, 0.1) is 0 Å². The third-order valence-electron chi connectivity index (χ3n) is 7.27. The summed E-state index contributed by atoms with van der Waals surface area (Å²) < 4.78 is 5.69. The highest BCUT2D eigenvalue weighted by Crippen LogP contribution is 2.44. The maximum absolute atomic E-state index is 12.7. The minimum atomic E-state index is 0.0754. The van der Waals surface area contributed by atoms with E-state index in [0.29, 0.717) is 25.6 Å². The Bertz CT molecular complexity index is 1170. The summed E-state index contributed by atoms with van der Waals surface area (Å²) >= 11 is 1.90. The normalized spacial score (nSPS) is 18.7. The molecule has 3 heterocycles. The Hall–Kier alpha value is -2.51. The van der Waals surface area contributed by atoms with E-state index in [1.54, 1.807) is 0 Å². The zero-order chi connectivity index (χ0) is 22.9. The van der Waals surface area contributed by atoms with Crippen LogP contribution in [-0.4, -0.2) is 53.6 Å². The van der Waals surface area contributed by atoms with Gasteiger partial charge in [-0.25, -0.2) is 9.97 Å². The average Bonchev–Trinajstić information content (AvgIpc) is 3.69. The fourth-order valence-corrected chi connectivity index (χ4v) is 6.44. The highest BCUT2D eigenvalue weighted by atomic mass is 32.1. The van der Waals surface area contributed by atoms with E-state index in [1.165, 1.54) is 59.2 Å². The van der Waals surface area contributed by atoms with Crippen molar-refractivity contribution >= 4 is 33.3 Å². The largest absolute Gasteiger partial charge is 0.367 e. The van der Waals surface area contributed by atoms with Crippen molar-refractivity contribution in [3.05, 3.63) is 52.2 Å². The molecular formula is C27H32N4O2S. The maximum atomic E-state index is 12.7. The van der Waals surface area contributed by atoms with Gasteiger partial charge in [-0.15, -0.1) is 11.3 Å². The molecule has 0 spiro atoms. The summed E-state index contributed by atoms with van der Waals surface area (Å²) in [7, 11) is 0. The molecule has 0 radical (unpaired) electrons. The van der Waals surface area contributed by atoms with Gasteiger partial charge in [-0.1, -0.05) is 36.8 Å². The number of fused-ring (bicyclic) bond motifs is 3. The van der Waals surface area contributed by atoms with Gasteiger partial charge in [-0.2, -0.15) is 0 Å². The Morgan fingerprint density at radius 3 is 2.59 bits per heavy atom. The van der Waals surface area contributed by atoms with E-state index >= 15 is 0 Å². The van der Waals surface area contributed by atoms with Gasteiger partial charge in [0.25, 0.3) is 0 Å². The number of rotatable bonds is 6. The first-order valence-electron chi connectivity index (χ1n) is 12.7. The quantitative estimate of drug-likeness (QED) is 0.483. The molecule has 3 aromatic rings. The molecule has 1 aromatic carbocycles. The van der Waals surface area contributed by atoms with Gasteiger partial charge in [0.2, 0.25) is 5.91 Å². The van der Waals surface area contributed by atoms with Crippen LogP contribution in [0.1, 0.15) is 59.9 Å². The van der Waals surface area contributed by atoms with Gasteiger partial charge >= 0.3 is 0 Å². The van der Waals surface area contributed by atoms with Crippen molar-refractivity contribution < 1.29 is 9.53 Å². The van der Waals surface area contributed by atoms with Crippen molar-refractivity contribution in [3.8, 4) is 0 Å². The summed E-state index contributed by atoms with van der Waals surface area (Å²) in [6, 6.07) is 10.0. The molecule has 178 valence electrons. The summed E-state index contributed by atoms with van der Waals surface area (Å²) in [5.41, 5.74) is 2.59. The lowest BCUT2D eigenvalue weighted by Gasteiger charge is -2.36. The number of hydrogen-bond donors (Lipinski definition) is 0. The van der Waals surface area contributed by atoms with Crippen molar-refractivity contribution in [2.75, 3.05) is 37.7 Å². The third-order valence-corrected chi connectivity index (χ3v) is 8.46. The molecular weight excluding hydrogens is 444 g/mol. The van der Waals surface area contributed by atoms with E-state index in [0.717, 1.165) is 36.7 Å². The molecule has 0 bridgehead atoms. The lowest BCUT2D eigenvalue weighted by atomic mass is 10.1. The monoisotopic (exact) mass is 476 g/mol. The van der Waals surface area contributed by atoms with Crippen molar-refractivity contribution in [2.24, 2.45) is 0 Å². The molecule has 2 aromatic heterocycles.